The van der Waals surface area contributed by atoms with Crippen molar-refractivity contribution in [3.05, 3.63) is 30.3 Å². The minimum absolute atomic E-state index is 0. The Morgan fingerprint density at radius 1 is 1.00 bits per heavy atom. The van der Waals surface area contributed by atoms with Gasteiger partial charge in [-0.2, -0.15) is 0 Å². The van der Waals surface area contributed by atoms with E-state index in [1.165, 1.54) is 55.9 Å². The number of nitrogens with zero attached hydrogens (tertiary/aromatic N) is 2. The molecule has 0 aromatic heterocycles. The number of para-hydroxylation sites is 1. The third kappa shape index (κ3) is 4.50. The summed E-state index contributed by atoms with van der Waals surface area (Å²) in [4.78, 5) is 2.55. The summed E-state index contributed by atoms with van der Waals surface area (Å²) in [6.45, 7) is 12.3. The van der Waals surface area contributed by atoms with Crippen molar-refractivity contribution in [2.75, 3.05) is 44.2 Å². The van der Waals surface area contributed by atoms with Gasteiger partial charge < -0.3 is 26.4 Å². The number of hydrogen-bond donors (Lipinski definition) is 0. The second-order valence-electron chi connectivity index (χ2n) is 5.10. The Labute approximate surface area is 129 Å². The van der Waals surface area contributed by atoms with Gasteiger partial charge >= 0.3 is 0 Å². The van der Waals surface area contributed by atoms with Crippen LogP contribution >= 0.6 is 0 Å². The van der Waals surface area contributed by atoms with Crippen molar-refractivity contribution >= 4 is 5.69 Å². The molecule has 2 nitrogen and oxygen atoms in total. The molecule has 0 N–H and O–H groups in total. The topological polar surface area (TPSA) is 3.24 Å². The molecule has 0 amide bonds. The fraction of sp³-hybridized carbons (Fsp3) is 0.625. The van der Waals surface area contributed by atoms with Crippen LogP contribution in [0.1, 0.15) is 27.7 Å². The highest BCUT2D eigenvalue weighted by atomic mass is 79.9. The van der Waals surface area contributed by atoms with Gasteiger partial charge in [-0.15, -0.1) is 0 Å². The summed E-state index contributed by atoms with van der Waals surface area (Å²) < 4.78 is 1.29. The van der Waals surface area contributed by atoms with Crippen LogP contribution in [-0.2, 0) is 0 Å². The first kappa shape index (κ1) is 18.5. The number of quaternary nitrogens is 1. The smallest absolute Gasteiger partial charge is 0.0964 e. The maximum Gasteiger partial charge on any atom is 0.0964 e. The Morgan fingerprint density at radius 3 is 2.21 bits per heavy atom. The summed E-state index contributed by atoms with van der Waals surface area (Å²) in [7, 11) is 0. The van der Waals surface area contributed by atoms with Gasteiger partial charge in [0.2, 0.25) is 0 Å². The molecule has 0 radical (unpaired) electrons. The normalized spacial score (nSPS) is 17.9. The van der Waals surface area contributed by atoms with Gasteiger partial charge in [-0.3, -0.25) is 0 Å². The third-order valence-electron chi connectivity index (χ3n) is 4.37. The van der Waals surface area contributed by atoms with Crippen LogP contribution in [0.4, 0.5) is 5.69 Å². The fourth-order valence-corrected chi connectivity index (χ4v) is 2.91. The Morgan fingerprint density at radius 2 is 1.63 bits per heavy atom. The SMILES string of the molecule is C.CC[N+]1(CC)CCCN(c2ccccc2)CC1.[Br-]. The first-order valence-corrected chi connectivity index (χ1v) is 6.95. The number of hydrogen-bond acceptors (Lipinski definition) is 1. The number of likely N-dealkylation sites (N-methyl/N-ethyl adjacent to an activating group) is 1. The van der Waals surface area contributed by atoms with E-state index in [1.54, 1.807) is 0 Å². The summed E-state index contributed by atoms with van der Waals surface area (Å²) in [6, 6.07) is 10.8. The highest BCUT2D eigenvalue weighted by molar-refractivity contribution is 5.45. The van der Waals surface area contributed by atoms with Crippen molar-refractivity contribution in [3.63, 3.8) is 0 Å². The summed E-state index contributed by atoms with van der Waals surface area (Å²) in [6.07, 6.45) is 1.32. The molecule has 2 rings (SSSR count). The van der Waals surface area contributed by atoms with Gasteiger partial charge in [-0.05, 0) is 26.0 Å². The molecule has 0 unspecified atom stereocenters. The molecule has 1 fully saturated rings. The summed E-state index contributed by atoms with van der Waals surface area (Å²) in [5.41, 5.74) is 1.39. The van der Waals surface area contributed by atoms with E-state index in [1.807, 2.05) is 0 Å². The standard InChI is InChI=1S/C15H25N2.CH4.BrH/c1-3-17(4-2)13-8-11-16(12-14-17)15-9-6-5-7-10-15;;/h5-7,9-10H,3-4,8,11-14H2,1-2H3;1H4;1H/q+1;;/p-1. The zero-order valence-corrected chi connectivity index (χ0v) is 13.2. The number of benzene rings is 1. The van der Waals surface area contributed by atoms with Gasteiger partial charge in [-0.25, -0.2) is 0 Å². The highest BCUT2D eigenvalue weighted by Gasteiger charge is 2.27. The molecule has 1 aliphatic rings. The van der Waals surface area contributed by atoms with E-state index in [4.69, 9.17) is 0 Å². The molecular weight excluding hydrogens is 300 g/mol. The second-order valence-corrected chi connectivity index (χ2v) is 5.10. The number of rotatable bonds is 3. The molecule has 1 saturated heterocycles. The van der Waals surface area contributed by atoms with Crippen molar-refractivity contribution in [2.24, 2.45) is 0 Å². The Bertz CT molecular complexity index is 336. The van der Waals surface area contributed by atoms with Crippen LogP contribution in [0.25, 0.3) is 0 Å². The molecule has 1 aromatic carbocycles. The van der Waals surface area contributed by atoms with Crippen molar-refractivity contribution in [1.82, 2.24) is 0 Å². The van der Waals surface area contributed by atoms with E-state index in [0.717, 1.165) is 0 Å². The lowest BCUT2D eigenvalue weighted by Gasteiger charge is -2.35. The van der Waals surface area contributed by atoms with Crippen LogP contribution in [0, 0.1) is 0 Å². The van der Waals surface area contributed by atoms with Crippen molar-refractivity contribution in [3.8, 4) is 0 Å². The molecule has 0 aliphatic carbocycles. The average molecular weight is 329 g/mol. The van der Waals surface area contributed by atoms with Gasteiger partial charge in [0.1, 0.15) is 0 Å². The molecule has 19 heavy (non-hydrogen) atoms. The zero-order valence-electron chi connectivity index (χ0n) is 11.6. The molecule has 1 aromatic rings. The predicted molar refractivity (Wildman–Crippen MR) is 81.1 cm³/mol. The lowest BCUT2D eigenvalue weighted by Crippen LogP contribution is -3.00. The Hall–Kier alpha value is -0.540. The van der Waals surface area contributed by atoms with E-state index in [2.05, 4.69) is 49.1 Å². The van der Waals surface area contributed by atoms with Crippen LogP contribution < -0.4 is 21.9 Å². The molecule has 110 valence electrons. The molecule has 1 aliphatic heterocycles. The average Bonchev–Trinajstić information content (AvgIpc) is 2.63. The third-order valence-corrected chi connectivity index (χ3v) is 4.37. The minimum atomic E-state index is 0. The summed E-state index contributed by atoms with van der Waals surface area (Å²) in [5, 5.41) is 0. The second kappa shape index (κ2) is 8.60. The van der Waals surface area contributed by atoms with E-state index < -0.39 is 0 Å². The molecule has 3 heteroatoms. The van der Waals surface area contributed by atoms with Crippen molar-refractivity contribution in [1.29, 1.82) is 0 Å². The van der Waals surface area contributed by atoms with Crippen LogP contribution in [0.2, 0.25) is 0 Å². The fourth-order valence-electron chi connectivity index (χ4n) is 2.91. The lowest BCUT2D eigenvalue weighted by atomic mass is 10.3. The Kier molecular flexibility index (Phi) is 8.35. The van der Waals surface area contributed by atoms with Gasteiger partial charge in [-0.1, -0.05) is 25.6 Å². The summed E-state index contributed by atoms with van der Waals surface area (Å²) >= 11 is 0. The lowest BCUT2D eigenvalue weighted by molar-refractivity contribution is -0.922. The van der Waals surface area contributed by atoms with Crippen molar-refractivity contribution < 1.29 is 21.5 Å². The molecular formula is C16H29BrN2. The first-order valence-electron chi connectivity index (χ1n) is 6.95. The maximum atomic E-state index is 2.55. The first-order chi connectivity index (χ1) is 8.29. The highest BCUT2D eigenvalue weighted by Crippen LogP contribution is 2.19. The molecule has 0 saturated carbocycles. The van der Waals surface area contributed by atoms with E-state index in [0.29, 0.717) is 0 Å². The maximum absolute atomic E-state index is 2.55. The molecule has 0 atom stereocenters. The number of halogens is 1. The van der Waals surface area contributed by atoms with Gasteiger partial charge in [0.15, 0.2) is 0 Å². The van der Waals surface area contributed by atoms with Crippen LogP contribution in [0.15, 0.2) is 30.3 Å². The van der Waals surface area contributed by atoms with Gasteiger partial charge in [0.25, 0.3) is 0 Å². The van der Waals surface area contributed by atoms with Crippen LogP contribution in [-0.4, -0.2) is 43.8 Å². The van der Waals surface area contributed by atoms with Gasteiger partial charge in [0.05, 0.1) is 32.7 Å². The van der Waals surface area contributed by atoms with Crippen LogP contribution in [0.3, 0.4) is 0 Å². The largest absolute Gasteiger partial charge is 1.00 e. The quantitative estimate of drug-likeness (QED) is 0.726. The van der Waals surface area contributed by atoms with Crippen molar-refractivity contribution in [2.45, 2.75) is 27.7 Å². The van der Waals surface area contributed by atoms with E-state index >= 15 is 0 Å². The van der Waals surface area contributed by atoms with E-state index in [9.17, 15) is 0 Å². The zero-order chi connectivity index (χ0) is 12.1. The minimum Gasteiger partial charge on any atom is -1.00 e. The molecule has 0 spiro atoms. The Balaban J connectivity index is 0.00000162. The molecule has 0 bridgehead atoms. The predicted octanol–water partition coefficient (Wildman–Crippen LogP) is 0.393. The van der Waals surface area contributed by atoms with Gasteiger partial charge in [0, 0.05) is 18.7 Å². The summed E-state index contributed by atoms with van der Waals surface area (Å²) in [5.74, 6) is 0. The van der Waals surface area contributed by atoms with E-state index in [-0.39, 0.29) is 24.4 Å². The number of anilines is 1. The monoisotopic (exact) mass is 328 g/mol. The molecule has 1 heterocycles. The van der Waals surface area contributed by atoms with Crippen LogP contribution in [0.5, 0.6) is 0 Å².